The van der Waals surface area contributed by atoms with E-state index < -0.39 is 0 Å². The van der Waals surface area contributed by atoms with Gasteiger partial charge < -0.3 is 4.42 Å². The van der Waals surface area contributed by atoms with Crippen molar-refractivity contribution < 1.29 is 4.42 Å². The fourth-order valence-electron chi connectivity index (χ4n) is 5.93. The Balaban J connectivity index is 1.22. The minimum atomic E-state index is 0.621. The first-order valence-electron chi connectivity index (χ1n) is 15.1. The fourth-order valence-corrected chi connectivity index (χ4v) is 7.05. The second-order valence-electron chi connectivity index (χ2n) is 11.1. The highest BCUT2D eigenvalue weighted by Crippen LogP contribution is 2.45. The monoisotopic (exact) mass is 608 g/mol. The van der Waals surface area contributed by atoms with Gasteiger partial charge in [-0.05, 0) is 17.7 Å². The zero-order chi connectivity index (χ0) is 30.5. The van der Waals surface area contributed by atoms with Gasteiger partial charge in [0, 0.05) is 38.6 Å². The maximum absolute atomic E-state index is 6.55. The van der Waals surface area contributed by atoms with Crippen LogP contribution in [0, 0.1) is 0 Å². The Morgan fingerprint density at radius 1 is 0.435 bits per heavy atom. The lowest BCUT2D eigenvalue weighted by Gasteiger charge is -2.09. The van der Waals surface area contributed by atoms with Crippen LogP contribution in [0.2, 0.25) is 0 Å². The highest BCUT2D eigenvalue weighted by Gasteiger charge is 2.20. The van der Waals surface area contributed by atoms with Crippen LogP contribution in [0.4, 0.5) is 0 Å². The third-order valence-electron chi connectivity index (χ3n) is 8.17. The molecular weight excluding hydrogens is 585 g/mol. The van der Waals surface area contributed by atoms with Crippen molar-refractivity contribution in [3.05, 3.63) is 146 Å². The molecule has 6 heteroatoms. The van der Waals surface area contributed by atoms with Gasteiger partial charge in [0.1, 0.15) is 16.2 Å². The van der Waals surface area contributed by atoms with Crippen LogP contribution in [0.15, 0.2) is 150 Å². The molecule has 3 heterocycles. The Bertz CT molecular complexity index is 2450. The van der Waals surface area contributed by atoms with Crippen LogP contribution in [-0.4, -0.2) is 19.9 Å². The predicted molar refractivity (Wildman–Crippen MR) is 187 cm³/mol. The number of benzene rings is 6. The van der Waals surface area contributed by atoms with Gasteiger partial charge >= 0.3 is 0 Å². The van der Waals surface area contributed by atoms with Crippen LogP contribution in [-0.2, 0) is 0 Å². The van der Waals surface area contributed by atoms with E-state index in [4.69, 9.17) is 24.4 Å². The average Bonchev–Trinajstić information content (AvgIpc) is 3.73. The Hall–Kier alpha value is -5.98. The molecule has 3 aromatic heterocycles. The van der Waals surface area contributed by atoms with E-state index in [0.717, 1.165) is 70.5 Å². The van der Waals surface area contributed by atoms with Gasteiger partial charge in [-0.3, -0.25) is 0 Å². The van der Waals surface area contributed by atoms with Gasteiger partial charge in [0.05, 0.1) is 10.2 Å². The zero-order valence-electron chi connectivity index (χ0n) is 24.5. The lowest BCUT2D eigenvalue weighted by molar-refractivity contribution is 0.670. The molecule has 46 heavy (non-hydrogen) atoms. The lowest BCUT2D eigenvalue weighted by Crippen LogP contribution is -2.00. The number of furan rings is 1. The second kappa shape index (κ2) is 10.9. The van der Waals surface area contributed by atoms with Gasteiger partial charge in [-0.2, -0.15) is 0 Å². The SMILES string of the molecule is c1ccc(-c2nc(-c3ccccc3)nc(-c3ccc(-c4c5oc6ccccc6c5cc5nc(-c6ccccc6)sc45)cc3)n2)cc1. The van der Waals surface area contributed by atoms with E-state index in [-0.39, 0.29) is 0 Å². The summed E-state index contributed by atoms with van der Waals surface area (Å²) in [6.45, 7) is 0. The van der Waals surface area contributed by atoms with Crippen LogP contribution in [0.5, 0.6) is 0 Å². The molecule has 0 saturated carbocycles. The smallest absolute Gasteiger partial charge is 0.164 e. The molecule has 6 aromatic carbocycles. The van der Waals surface area contributed by atoms with Crippen molar-refractivity contribution in [3.63, 3.8) is 0 Å². The van der Waals surface area contributed by atoms with Gasteiger partial charge in [0.2, 0.25) is 0 Å². The summed E-state index contributed by atoms with van der Waals surface area (Å²) in [5, 5.41) is 3.13. The minimum absolute atomic E-state index is 0.621. The molecule has 0 unspecified atom stereocenters. The molecule has 216 valence electrons. The van der Waals surface area contributed by atoms with E-state index in [0.29, 0.717) is 17.5 Å². The van der Waals surface area contributed by atoms with Crippen LogP contribution >= 0.6 is 11.3 Å². The summed E-state index contributed by atoms with van der Waals surface area (Å²) >= 11 is 1.69. The van der Waals surface area contributed by atoms with Crippen molar-refractivity contribution in [2.75, 3.05) is 0 Å². The summed E-state index contributed by atoms with van der Waals surface area (Å²) in [4.78, 5) is 19.8. The third kappa shape index (κ3) is 4.55. The molecule has 0 aliphatic rings. The third-order valence-corrected chi connectivity index (χ3v) is 9.31. The number of para-hydroxylation sites is 1. The lowest BCUT2D eigenvalue weighted by atomic mass is 10.00. The van der Waals surface area contributed by atoms with Crippen molar-refractivity contribution in [2.45, 2.75) is 0 Å². The molecule has 0 spiro atoms. The molecule has 0 aliphatic heterocycles. The molecule has 5 nitrogen and oxygen atoms in total. The molecule has 9 rings (SSSR count). The summed E-state index contributed by atoms with van der Waals surface area (Å²) in [5.74, 6) is 1.90. The maximum Gasteiger partial charge on any atom is 0.164 e. The van der Waals surface area contributed by atoms with E-state index in [9.17, 15) is 0 Å². The first kappa shape index (κ1) is 26.4. The summed E-state index contributed by atoms with van der Waals surface area (Å²) in [6, 6.07) is 49.2. The number of thiazole rings is 1. The van der Waals surface area contributed by atoms with Crippen molar-refractivity contribution >= 4 is 43.5 Å². The Morgan fingerprint density at radius 3 is 1.54 bits per heavy atom. The predicted octanol–water partition coefficient (Wildman–Crippen LogP) is 10.7. The summed E-state index contributed by atoms with van der Waals surface area (Å²) in [7, 11) is 0. The summed E-state index contributed by atoms with van der Waals surface area (Å²) in [5.41, 5.74) is 8.66. The van der Waals surface area contributed by atoms with Crippen molar-refractivity contribution in [2.24, 2.45) is 0 Å². The highest BCUT2D eigenvalue weighted by atomic mass is 32.1. The Morgan fingerprint density at radius 2 is 0.935 bits per heavy atom. The highest BCUT2D eigenvalue weighted by molar-refractivity contribution is 7.22. The van der Waals surface area contributed by atoms with Crippen molar-refractivity contribution in [1.82, 2.24) is 19.9 Å². The van der Waals surface area contributed by atoms with E-state index in [1.807, 2.05) is 91.0 Å². The molecule has 0 atom stereocenters. The molecular formula is C40H24N4OS. The van der Waals surface area contributed by atoms with Gasteiger partial charge in [-0.25, -0.2) is 19.9 Å². The normalized spacial score (nSPS) is 11.5. The largest absolute Gasteiger partial charge is 0.455 e. The van der Waals surface area contributed by atoms with Gasteiger partial charge in [0.15, 0.2) is 17.5 Å². The van der Waals surface area contributed by atoms with Gasteiger partial charge in [0.25, 0.3) is 0 Å². The first-order chi connectivity index (χ1) is 22.8. The molecule has 0 fully saturated rings. The summed E-state index contributed by atoms with van der Waals surface area (Å²) in [6.07, 6.45) is 0. The van der Waals surface area contributed by atoms with Crippen LogP contribution in [0.25, 0.3) is 88.0 Å². The molecule has 0 radical (unpaired) electrons. The molecule has 0 saturated heterocycles. The number of aromatic nitrogens is 4. The van der Waals surface area contributed by atoms with Gasteiger partial charge in [-0.1, -0.05) is 133 Å². The van der Waals surface area contributed by atoms with Crippen LogP contribution in [0.1, 0.15) is 0 Å². The van der Waals surface area contributed by atoms with E-state index in [1.54, 1.807) is 11.3 Å². The number of hydrogen-bond donors (Lipinski definition) is 0. The Labute approximate surface area is 268 Å². The van der Waals surface area contributed by atoms with E-state index >= 15 is 0 Å². The van der Waals surface area contributed by atoms with E-state index in [1.165, 1.54) is 0 Å². The standard InChI is InChI=1S/C40H24N4OS/c1-4-12-26(13-5-1)37-42-38(27-14-6-2-7-15-27)44-39(43-37)28-22-20-25(21-23-28)34-35-31(30-18-10-11-19-33(30)45-35)24-32-36(34)46-40(41-32)29-16-8-3-9-17-29/h1-24H. The number of nitrogens with zero attached hydrogens (tertiary/aromatic N) is 4. The second-order valence-corrected chi connectivity index (χ2v) is 12.1. The molecule has 0 aliphatic carbocycles. The van der Waals surface area contributed by atoms with Crippen molar-refractivity contribution in [3.8, 4) is 55.9 Å². The molecule has 0 bridgehead atoms. The topological polar surface area (TPSA) is 64.7 Å². The number of rotatable bonds is 5. The van der Waals surface area contributed by atoms with Crippen LogP contribution in [0.3, 0.4) is 0 Å². The quantitative estimate of drug-likeness (QED) is 0.194. The zero-order valence-corrected chi connectivity index (χ0v) is 25.3. The fraction of sp³-hybridized carbons (Fsp3) is 0. The molecule has 0 amide bonds. The van der Waals surface area contributed by atoms with Crippen LogP contribution < -0.4 is 0 Å². The number of fused-ring (bicyclic) bond motifs is 4. The van der Waals surface area contributed by atoms with Crippen molar-refractivity contribution in [1.29, 1.82) is 0 Å². The first-order valence-corrected chi connectivity index (χ1v) is 15.9. The Kier molecular flexibility index (Phi) is 6.25. The average molecular weight is 609 g/mol. The molecule has 9 aromatic rings. The number of hydrogen-bond acceptors (Lipinski definition) is 6. The maximum atomic E-state index is 6.55. The summed E-state index contributed by atoms with van der Waals surface area (Å²) < 4.78 is 7.64. The minimum Gasteiger partial charge on any atom is -0.455 e. The molecule has 0 N–H and O–H groups in total. The van der Waals surface area contributed by atoms with Gasteiger partial charge in [-0.15, -0.1) is 11.3 Å². The van der Waals surface area contributed by atoms with E-state index in [2.05, 4.69) is 54.6 Å².